The van der Waals surface area contributed by atoms with Gasteiger partial charge in [-0.15, -0.1) is 0 Å². The largest absolute Gasteiger partial charge is 0.362 e. The predicted molar refractivity (Wildman–Crippen MR) is 120 cm³/mol. The molecule has 160 valence electrons. The standard InChI is InChI=1S/C23H25N5O3/c1-15-6-5-7-18(25-15)19(29)12-13-24-16-8-10-17(11-9-16)26-22(30)27-21-14-20(31-28-21)23(2,3)4/h5-14,24H,1-4H3,(H2,26,27,28,30)/b13-12+. The molecular weight excluding hydrogens is 394 g/mol. The van der Waals surface area contributed by atoms with Gasteiger partial charge in [0.25, 0.3) is 0 Å². The number of carbonyl (C=O) groups excluding carboxylic acids is 2. The van der Waals surface area contributed by atoms with E-state index < -0.39 is 6.03 Å². The van der Waals surface area contributed by atoms with Gasteiger partial charge in [0.05, 0.1) is 0 Å². The third kappa shape index (κ3) is 6.27. The van der Waals surface area contributed by atoms with Gasteiger partial charge in [-0.3, -0.25) is 10.1 Å². The van der Waals surface area contributed by atoms with E-state index in [-0.39, 0.29) is 11.2 Å². The van der Waals surface area contributed by atoms with E-state index in [0.29, 0.717) is 23.0 Å². The summed E-state index contributed by atoms with van der Waals surface area (Å²) in [5.41, 5.74) is 2.36. The van der Waals surface area contributed by atoms with Crippen LogP contribution in [-0.4, -0.2) is 22.0 Å². The van der Waals surface area contributed by atoms with E-state index in [0.717, 1.165) is 11.4 Å². The van der Waals surface area contributed by atoms with Gasteiger partial charge in [0.1, 0.15) is 11.5 Å². The van der Waals surface area contributed by atoms with Crippen LogP contribution in [0.4, 0.5) is 22.0 Å². The number of allylic oxidation sites excluding steroid dienone is 1. The number of aromatic nitrogens is 2. The van der Waals surface area contributed by atoms with E-state index in [9.17, 15) is 9.59 Å². The fourth-order valence-electron chi connectivity index (χ4n) is 2.60. The number of urea groups is 1. The molecule has 1 aromatic carbocycles. The summed E-state index contributed by atoms with van der Waals surface area (Å²) in [7, 11) is 0. The molecule has 0 atom stereocenters. The highest BCUT2D eigenvalue weighted by atomic mass is 16.5. The van der Waals surface area contributed by atoms with Crippen LogP contribution in [-0.2, 0) is 5.41 Å². The fraction of sp³-hybridized carbons (Fsp3) is 0.217. The Morgan fingerprint density at radius 1 is 1.00 bits per heavy atom. The lowest BCUT2D eigenvalue weighted by Crippen LogP contribution is -2.19. The van der Waals surface area contributed by atoms with Crippen LogP contribution in [0.15, 0.2) is 65.3 Å². The van der Waals surface area contributed by atoms with Crippen molar-refractivity contribution in [2.24, 2.45) is 0 Å². The Morgan fingerprint density at radius 2 is 1.71 bits per heavy atom. The number of hydrogen-bond donors (Lipinski definition) is 3. The fourth-order valence-corrected chi connectivity index (χ4v) is 2.60. The second kappa shape index (κ2) is 9.25. The van der Waals surface area contributed by atoms with Gasteiger partial charge in [-0.1, -0.05) is 32.0 Å². The summed E-state index contributed by atoms with van der Waals surface area (Å²) < 4.78 is 5.25. The van der Waals surface area contributed by atoms with Gasteiger partial charge >= 0.3 is 6.03 Å². The van der Waals surface area contributed by atoms with Crippen LogP contribution < -0.4 is 16.0 Å². The second-order valence-corrected chi connectivity index (χ2v) is 7.99. The molecule has 0 aliphatic heterocycles. The first-order valence-corrected chi connectivity index (χ1v) is 9.77. The molecule has 2 aromatic heterocycles. The Morgan fingerprint density at radius 3 is 2.35 bits per heavy atom. The van der Waals surface area contributed by atoms with E-state index in [1.807, 2.05) is 33.8 Å². The molecule has 0 spiro atoms. The van der Waals surface area contributed by atoms with Crippen molar-refractivity contribution in [2.75, 3.05) is 16.0 Å². The zero-order valence-corrected chi connectivity index (χ0v) is 17.9. The smallest absolute Gasteiger partial charge is 0.324 e. The highest BCUT2D eigenvalue weighted by Crippen LogP contribution is 2.24. The average molecular weight is 419 g/mol. The Labute approximate surface area is 180 Å². The molecule has 0 aliphatic carbocycles. The summed E-state index contributed by atoms with van der Waals surface area (Å²) in [6.45, 7) is 7.83. The molecular formula is C23H25N5O3. The number of anilines is 3. The number of rotatable bonds is 6. The molecule has 2 heterocycles. The Balaban J connectivity index is 1.51. The minimum absolute atomic E-state index is 0.186. The number of pyridine rings is 1. The lowest BCUT2D eigenvalue weighted by molar-refractivity contribution is 0.104. The van der Waals surface area contributed by atoms with Crippen LogP contribution in [0.1, 0.15) is 42.7 Å². The number of aryl methyl sites for hydroxylation is 1. The summed E-state index contributed by atoms with van der Waals surface area (Å²) in [4.78, 5) is 28.5. The first kappa shape index (κ1) is 21.8. The van der Waals surface area contributed by atoms with E-state index in [1.54, 1.807) is 48.7 Å². The van der Waals surface area contributed by atoms with Gasteiger partial charge in [-0.25, -0.2) is 9.78 Å². The number of ketones is 1. The Kier molecular flexibility index (Phi) is 6.49. The summed E-state index contributed by atoms with van der Waals surface area (Å²) in [6, 6.07) is 13.6. The van der Waals surface area contributed by atoms with Gasteiger partial charge < -0.3 is 15.2 Å². The van der Waals surface area contributed by atoms with Crippen molar-refractivity contribution in [3.63, 3.8) is 0 Å². The minimum atomic E-state index is -0.425. The van der Waals surface area contributed by atoms with Crippen molar-refractivity contribution in [2.45, 2.75) is 33.1 Å². The van der Waals surface area contributed by atoms with E-state index >= 15 is 0 Å². The second-order valence-electron chi connectivity index (χ2n) is 7.99. The lowest BCUT2D eigenvalue weighted by Gasteiger charge is -2.12. The quantitative estimate of drug-likeness (QED) is 0.378. The Bertz CT molecular complexity index is 1090. The average Bonchev–Trinajstić information content (AvgIpc) is 3.18. The maximum atomic E-state index is 12.2. The third-order valence-electron chi connectivity index (χ3n) is 4.26. The summed E-state index contributed by atoms with van der Waals surface area (Å²) >= 11 is 0. The molecule has 8 nitrogen and oxygen atoms in total. The molecule has 3 aromatic rings. The van der Waals surface area contributed by atoms with E-state index in [1.165, 1.54) is 6.08 Å². The van der Waals surface area contributed by atoms with E-state index in [4.69, 9.17) is 4.52 Å². The molecule has 31 heavy (non-hydrogen) atoms. The van der Waals surface area contributed by atoms with Gasteiger partial charge in [0.15, 0.2) is 5.82 Å². The highest BCUT2D eigenvalue weighted by molar-refractivity contribution is 6.03. The van der Waals surface area contributed by atoms with E-state index in [2.05, 4.69) is 26.1 Å². The lowest BCUT2D eigenvalue weighted by atomic mass is 9.93. The predicted octanol–water partition coefficient (Wildman–Crippen LogP) is 5.13. The van der Waals surface area contributed by atoms with Crippen LogP contribution >= 0.6 is 0 Å². The van der Waals surface area contributed by atoms with Crippen LogP contribution in [0.25, 0.3) is 0 Å². The van der Waals surface area contributed by atoms with Crippen molar-refractivity contribution in [1.82, 2.24) is 10.1 Å². The number of nitrogens with one attached hydrogen (secondary N) is 3. The molecule has 3 rings (SSSR count). The molecule has 0 radical (unpaired) electrons. The number of carbonyl (C=O) groups is 2. The van der Waals surface area contributed by atoms with Gasteiger partial charge in [-0.2, -0.15) is 0 Å². The molecule has 0 fully saturated rings. The summed E-state index contributed by atoms with van der Waals surface area (Å²) in [6.07, 6.45) is 2.98. The van der Waals surface area contributed by atoms with Crippen molar-refractivity contribution >= 4 is 29.0 Å². The van der Waals surface area contributed by atoms with Gasteiger partial charge in [-0.05, 0) is 43.3 Å². The normalized spacial score (nSPS) is 11.4. The first-order valence-electron chi connectivity index (χ1n) is 9.77. The molecule has 0 aliphatic rings. The van der Waals surface area contributed by atoms with Crippen LogP contribution in [0, 0.1) is 6.92 Å². The van der Waals surface area contributed by atoms with Crippen molar-refractivity contribution in [3.05, 3.63) is 78.0 Å². The number of benzene rings is 1. The molecule has 0 saturated heterocycles. The molecule has 0 saturated carbocycles. The molecule has 2 amide bonds. The molecule has 0 bridgehead atoms. The van der Waals surface area contributed by atoms with Gasteiger partial charge in [0.2, 0.25) is 5.78 Å². The molecule has 8 heteroatoms. The van der Waals surface area contributed by atoms with Crippen molar-refractivity contribution in [1.29, 1.82) is 0 Å². The zero-order chi connectivity index (χ0) is 22.4. The Hall–Kier alpha value is -3.94. The maximum absolute atomic E-state index is 12.2. The van der Waals surface area contributed by atoms with Crippen LogP contribution in [0.2, 0.25) is 0 Å². The number of amides is 2. The summed E-state index contributed by atoms with van der Waals surface area (Å²) in [5, 5.41) is 12.2. The molecule has 0 unspecified atom stereocenters. The maximum Gasteiger partial charge on any atom is 0.324 e. The monoisotopic (exact) mass is 419 g/mol. The third-order valence-corrected chi connectivity index (χ3v) is 4.26. The number of hydrogen-bond acceptors (Lipinski definition) is 6. The zero-order valence-electron chi connectivity index (χ0n) is 17.9. The van der Waals surface area contributed by atoms with Crippen molar-refractivity contribution < 1.29 is 14.1 Å². The minimum Gasteiger partial charge on any atom is -0.362 e. The first-order chi connectivity index (χ1) is 14.7. The molecule has 3 N–H and O–H groups in total. The SMILES string of the molecule is Cc1cccc(C(=O)/C=C/Nc2ccc(NC(=O)Nc3cc(C(C)(C)C)on3)cc2)n1. The van der Waals surface area contributed by atoms with Crippen LogP contribution in [0.5, 0.6) is 0 Å². The topological polar surface area (TPSA) is 109 Å². The number of nitrogens with zero attached hydrogens (tertiary/aromatic N) is 2. The summed E-state index contributed by atoms with van der Waals surface area (Å²) in [5.74, 6) is 0.843. The van der Waals surface area contributed by atoms with Crippen molar-refractivity contribution in [3.8, 4) is 0 Å². The van der Waals surface area contributed by atoms with Crippen LogP contribution in [0.3, 0.4) is 0 Å². The van der Waals surface area contributed by atoms with Gasteiger partial charge in [0, 0.05) is 40.8 Å². The highest BCUT2D eigenvalue weighted by Gasteiger charge is 2.20.